The Bertz CT molecular complexity index is 1410. The molecule has 0 radical (unpaired) electrons. The SMILES string of the molecule is COc1ccc(S(=O)(=O)CC(=O)N(Cc2cccnc2)c2nc3c(C)c(Cl)ccc3s2)cc1. The van der Waals surface area contributed by atoms with Gasteiger partial charge in [0.2, 0.25) is 5.91 Å². The molecule has 2 aromatic carbocycles. The fourth-order valence-corrected chi connectivity index (χ4v) is 5.64. The van der Waals surface area contributed by atoms with Gasteiger partial charge < -0.3 is 4.74 Å². The molecule has 33 heavy (non-hydrogen) atoms. The van der Waals surface area contributed by atoms with Crippen molar-refractivity contribution >= 4 is 54.0 Å². The molecule has 4 rings (SSSR count). The Morgan fingerprint density at radius 2 is 1.91 bits per heavy atom. The fourth-order valence-electron chi connectivity index (χ4n) is 3.25. The summed E-state index contributed by atoms with van der Waals surface area (Å²) in [5, 5.41) is 0.973. The minimum atomic E-state index is -3.88. The molecule has 4 aromatic rings. The largest absolute Gasteiger partial charge is 0.497 e. The van der Waals surface area contributed by atoms with E-state index in [1.165, 1.54) is 35.5 Å². The van der Waals surface area contributed by atoms with Gasteiger partial charge in [0.15, 0.2) is 15.0 Å². The van der Waals surface area contributed by atoms with Crippen molar-refractivity contribution in [2.45, 2.75) is 18.4 Å². The summed E-state index contributed by atoms with van der Waals surface area (Å²) in [6.45, 7) is 1.99. The van der Waals surface area contributed by atoms with Crippen LogP contribution in [0.25, 0.3) is 10.2 Å². The van der Waals surface area contributed by atoms with E-state index >= 15 is 0 Å². The van der Waals surface area contributed by atoms with Crippen molar-refractivity contribution in [2.24, 2.45) is 0 Å². The molecule has 0 N–H and O–H groups in total. The number of nitrogens with zero attached hydrogens (tertiary/aromatic N) is 3. The number of methoxy groups -OCH3 is 1. The van der Waals surface area contributed by atoms with Crippen LogP contribution in [-0.2, 0) is 21.2 Å². The lowest BCUT2D eigenvalue weighted by Crippen LogP contribution is -2.35. The third-order valence-electron chi connectivity index (χ3n) is 5.06. The highest BCUT2D eigenvalue weighted by Gasteiger charge is 2.27. The molecule has 10 heteroatoms. The number of hydrogen-bond acceptors (Lipinski definition) is 7. The molecule has 170 valence electrons. The lowest BCUT2D eigenvalue weighted by Gasteiger charge is -2.20. The van der Waals surface area contributed by atoms with Gasteiger partial charge in [-0.15, -0.1) is 0 Å². The van der Waals surface area contributed by atoms with Gasteiger partial charge >= 0.3 is 0 Å². The van der Waals surface area contributed by atoms with Crippen molar-refractivity contribution in [1.29, 1.82) is 0 Å². The standard InChI is InChI=1S/C23H20ClN3O4S2/c1-15-19(24)9-10-20-22(15)26-23(32-20)27(13-16-4-3-11-25-12-16)21(28)14-33(29,30)18-7-5-17(31-2)6-8-18/h3-12H,13-14H2,1-2H3. The highest BCUT2D eigenvalue weighted by atomic mass is 35.5. The molecule has 2 heterocycles. The molecule has 1 amide bonds. The fraction of sp³-hybridized carbons (Fsp3) is 0.174. The van der Waals surface area contributed by atoms with Crippen molar-refractivity contribution in [2.75, 3.05) is 17.8 Å². The molecule has 0 atom stereocenters. The predicted molar refractivity (Wildman–Crippen MR) is 130 cm³/mol. The lowest BCUT2D eigenvalue weighted by molar-refractivity contribution is -0.116. The molecule has 0 spiro atoms. The third-order valence-corrected chi connectivity index (χ3v) is 8.13. The maximum absolute atomic E-state index is 13.3. The van der Waals surface area contributed by atoms with Crippen LogP contribution in [-0.4, -0.2) is 37.2 Å². The summed E-state index contributed by atoms with van der Waals surface area (Å²) in [5.74, 6) is -0.755. The second-order valence-corrected chi connectivity index (χ2v) is 10.7. The Morgan fingerprint density at radius 1 is 1.15 bits per heavy atom. The van der Waals surface area contributed by atoms with E-state index in [0.717, 1.165) is 15.8 Å². The van der Waals surface area contributed by atoms with Gasteiger partial charge in [0, 0.05) is 17.4 Å². The molecule has 0 aliphatic rings. The van der Waals surface area contributed by atoms with Crippen LogP contribution in [0.15, 0.2) is 65.8 Å². The summed E-state index contributed by atoms with van der Waals surface area (Å²) >= 11 is 7.54. The van der Waals surface area contributed by atoms with Crippen molar-refractivity contribution in [3.63, 3.8) is 0 Å². The normalized spacial score (nSPS) is 11.5. The minimum absolute atomic E-state index is 0.0462. The third kappa shape index (κ3) is 5.00. The van der Waals surface area contributed by atoms with Gasteiger partial charge in [0.1, 0.15) is 11.5 Å². The number of anilines is 1. The van der Waals surface area contributed by atoms with E-state index in [2.05, 4.69) is 9.97 Å². The van der Waals surface area contributed by atoms with E-state index in [-0.39, 0.29) is 11.4 Å². The van der Waals surface area contributed by atoms with E-state index in [1.54, 1.807) is 36.7 Å². The van der Waals surface area contributed by atoms with E-state index in [1.807, 2.05) is 19.1 Å². The number of halogens is 1. The molecule has 0 fully saturated rings. The lowest BCUT2D eigenvalue weighted by atomic mass is 10.2. The second kappa shape index (κ2) is 9.46. The van der Waals surface area contributed by atoms with E-state index in [9.17, 15) is 13.2 Å². The quantitative estimate of drug-likeness (QED) is 0.365. The molecule has 7 nitrogen and oxygen atoms in total. The Hall–Kier alpha value is -3.01. The van der Waals surface area contributed by atoms with Crippen molar-refractivity contribution in [3.05, 3.63) is 77.1 Å². The van der Waals surface area contributed by atoms with Crippen LogP contribution in [0.5, 0.6) is 5.75 Å². The van der Waals surface area contributed by atoms with Gasteiger partial charge in [0.05, 0.1) is 28.8 Å². The number of carbonyl (C=O) groups is 1. The van der Waals surface area contributed by atoms with Crippen LogP contribution < -0.4 is 9.64 Å². The minimum Gasteiger partial charge on any atom is -0.497 e. The van der Waals surface area contributed by atoms with Gasteiger partial charge in [-0.05, 0) is 60.5 Å². The smallest absolute Gasteiger partial charge is 0.244 e. The first kappa shape index (κ1) is 23.2. The first-order valence-corrected chi connectivity index (χ1v) is 12.7. The molecule has 0 aliphatic carbocycles. The van der Waals surface area contributed by atoms with Crippen molar-refractivity contribution in [3.8, 4) is 5.75 Å². The van der Waals surface area contributed by atoms with Gasteiger partial charge in [-0.25, -0.2) is 13.4 Å². The number of amides is 1. The number of aromatic nitrogens is 2. The van der Waals surface area contributed by atoms with Gasteiger partial charge in [-0.3, -0.25) is 14.7 Å². The van der Waals surface area contributed by atoms with Crippen LogP contribution in [0.1, 0.15) is 11.1 Å². The van der Waals surface area contributed by atoms with Crippen LogP contribution in [0.4, 0.5) is 5.13 Å². The zero-order valence-electron chi connectivity index (χ0n) is 17.9. The monoisotopic (exact) mass is 501 g/mol. The molecule has 0 saturated carbocycles. The maximum Gasteiger partial charge on any atom is 0.244 e. The Balaban J connectivity index is 1.70. The number of hydrogen-bond donors (Lipinski definition) is 0. The highest BCUT2D eigenvalue weighted by molar-refractivity contribution is 7.92. The van der Waals surface area contributed by atoms with Crippen LogP contribution >= 0.6 is 22.9 Å². The Kier molecular flexibility index (Phi) is 6.64. The summed E-state index contributed by atoms with van der Waals surface area (Å²) in [6.07, 6.45) is 3.26. The zero-order chi connectivity index (χ0) is 23.6. The molecule has 0 saturated heterocycles. The molecule has 0 bridgehead atoms. The number of fused-ring (bicyclic) bond motifs is 1. The molecular formula is C23H20ClN3O4S2. The predicted octanol–water partition coefficient (Wildman–Crippen LogP) is 4.67. The summed E-state index contributed by atoms with van der Waals surface area (Å²) < 4.78 is 31.9. The van der Waals surface area contributed by atoms with Crippen molar-refractivity contribution < 1.29 is 17.9 Å². The van der Waals surface area contributed by atoms with E-state index < -0.39 is 21.5 Å². The number of pyridine rings is 1. The van der Waals surface area contributed by atoms with Gasteiger partial charge in [-0.1, -0.05) is 29.0 Å². The number of rotatable bonds is 7. The average Bonchev–Trinajstić information content (AvgIpc) is 3.25. The Labute approximate surface area is 200 Å². The Morgan fingerprint density at radius 3 is 2.58 bits per heavy atom. The highest BCUT2D eigenvalue weighted by Crippen LogP contribution is 2.34. The average molecular weight is 502 g/mol. The zero-order valence-corrected chi connectivity index (χ0v) is 20.2. The van der Waals surface area contributed by atoms with Gasteiger partial charge in [-0.2, -0.15) is 0 Å². The summed E-state index contributed by atoms with van der Waals surface area (Å²) in [4.78, 5) is 23.5. The maximum atomic E-state index is 13.3. The number of sulfone groups is 1. The first-order valence-electron chi connectivity index (χ1n) is 9.90. The number of thiazole rings is 1. The van der Waals surface area contributed by atoms with E-state index in [4.69, 9.17) is 16.3 Å². The van der Waals surface area contributed by atoms with Gasteiger partial charge in [0.25, 0.3) is 0 Å². The first-order chi connectivity index (χ1) is 15.8. The second-order valence-electron chi connectivity index (χ2n) is 7.29. The number of aryl methyl sites for hydroxylation is 1. The summed E-state index contributed by atoms with van der Waals surface area (Å²) in [5.41, 5.74) is 2.24. The summed E-state index contributed by atoms with van der Waals surface area (Å²) in [6, 6.07) is 13.1. The molecule has 0 aliphatic heterocycles. The number of ether oxygens (including phenoxy) is 1. The molecule has 0 unspecified atom stereocenters. The van der Waals surface area contributed by atoms with E-state index in [0.29, 0.717) is 21.4 Å². The van der Waals surface area contributed by atoms with Crippen molar-refractivity contribution in [1.82, 2.24) is 9.97 Å². The molecular weight excluding hydrogens is 482 g/mol. The van der Waals surface area contributed by atoms with Crippen LogP contribution in [0, 0.1) is 6.92 Å². The molecule has 2 aromatic heterocycles. The summed E-state index contributed by atoms with van der Waals surface area (Å²) in [7, 11) is -2.39. The van der Waals surface area contributed by atoms with Crippen LogP contribution in [0.3, 0.4) is 0 Å². The number of carbonyl (C=O) groups excluding carboxylic acids is 1. The topological polar surface area (TPSA) is 89.5 Å². The number of benzene rings is 2. The van der Waals surface area contributed by atoms with Crippen LogP contribution in [0.2, 0.25) is 5.02 Å².